The number of sulfone groups is 1. The largest absolute Gasteiger partial charge is 0.381 e. The first-order valence-corrected chi connectivity index (χ1v) is 13.0. The zero-order valence-electron chi connectivity index (χ0n) is 18.9. The number of carbonyl (C=O) groups is 1. The highest BCUT2D eigenvalue weighted by Gasteiger charge is 2.57. The van der Waals surface area contributed by atoms with Gasteiger partial charge in [0.15, 0.2) is 9.84 Å². The van der Waals surface area contributed by atoms with E-state index < -0.39 is 9.84 Å². The molecule has 0 aromatic heterocycles. The molecule has 0 N–H and O–H groups in total. The van der Waals surface area contributed by atoms with Crippen molar-refractivity contribution < 1.29 is 17.9 Å². The second kappa shape index (κ2) is 7.33. The fourth-order valence-electron chi connectivity index (χ4n) is 6.16. The fourth-order valence-corrected chi connectivity index (χ4v) is 6.80. The number of hydrogen-bond donors (Lipinski definition) is 0. The molecular formula is C24H35NO4S. The van der Waals surface area contributed by atoms with Gasteiger partial charge in [-0.05, 0) is 67.2 Å². The highest BCUT2D eigenvalue weighted by molar-refractivity contribution is 7.90. The molecule has 1 amide bonds. The van der Waals surface area contributed by atoms with E-state index in [0.29, 0.717) is 16.9 Å². The average Bonchev–Trinajstić information content (AvgIpc) is 2.69. The van der Waals surface area contributed by atoms with Crippen LogP contribution in [0, 0.1) is 11.3 Å². The third-order valence-corrected chi connectivity index (χ3v) is 9.75. The van der Waals surface area contributed by atoms with Crippen LogP contribution in [0.25, 0.3) is 0 Å². The van der Waals surface area contributed by atoms with Crippen molar-refractivity contribution in [2.24, 2.45) is 11.3 Å². The van der Waals surface area contributed by atoms with Gasteiger partial charge in [-0.2, -0.15) is 0 Å². The minimum atomic E-state index is -3.25. The first-order chi connectivity index (χ1) is 14.0. The highest BCUT2D eigenvalue weighted by atomic mass is 32.2. The Morgan fingerprint density at radius 2 is 1.80 bits per heavy atom. The third kappa shape index (κ3) is 3.31. The van der Waals surface area contributed by atoms with Crippen LogP contribution < -0.4 is 0 Å². The van der Waals surface area contributed by atoms with Gasteiger partial charge in [-0.3, -0.25) is 4.79 Å². The molecule has 2 atom stereocenters. The molecule has 166 valence electrons. The molecule has 0 unspecified atom stereocenters. The van der Waals surface area contributed by atoms with Gasteiger partial charge in [0, 0.05) is 37.3 Å². The molecule has 3 aliphatic rings. The number of benzene rings is 1. The number of likely N-dealkylation sites (tertiary alicyclic amines) is 1. The van der Waals surface area contributed by atoms with Gasteiger partial charge in [0.05, 0.1) is 11.0 Å². The van der Waals surface area contributed by atoms with Crippen molar-refractivity contribution in [2.45, 2.75) is 81.8 Å². The quantitative estimate of drug-likeness (QED) is 0.729. The molecule has 6 heteroatoms. The van der Waals surface area contributed by atoms with E-state index in [4.69, 9.17) is 4.74 Å². The number of hydrogen-bond acceptors (Lipinski definition) is 4. The molecule has 2 fully saturated rings. The predicted molar refractivity (Wildman–Crippen MR) is 117 cm³/mol. The summed E-state index contributed by atoms with van der Waals surface area (Å²) in [5.41, 5.74) is 2.05. The van der Waals surface area contributed by atoms with E-state index in [-0.39, 0.29) is 22.8 Å². The van der Waals surface area contributed by atoms with E-state index in [0.717, 1.165) is 50.6 Å². The molecular weight excluding hydrogens is 398 g/mol. The molecule has 1 aromatic rings. The Hall–Kier alpha value is -1.40. The number of piperidine rings is 1. The molecule has 4 rings (SSSR count). The average molecular weight is 434 g/mol. The summed E-state index contributed by atoms with van der Waals surface area (Å²) in [5.74, 6) is 0.409. The van der Waals surface area contributed by atoms with E-state index in [1.807, 2.05) is 12.1 Å². The Bertz CT molecular complexity index is 946. The van der Waals surface area contributed by atoms with E-state index in [1.165, 1.54) is 11.8 Å². The van der Waals surface area contributed by atoms with Gasteiger partial charge >= 0.3 is 0 Å². The van der Waals surface area contributed by atoms with E-state index in [1.54, 1.807) is 13.2 Å². The van der Waals surface area contributed by atoms with Crippen molar-refractivity contribution in [3.05, 3.63) is 29.3 Å². The van der Waals surface area contributed by atoms with Crippen molar-refractivity contribution in [1.29, 1.82) is 0 Å². The summed E-state index contributed by atoms with van der Waals surface area (Å²) in [6, 6.07) is 5.74. The maximum atomic E-state index is 13.5. The molecule has 1 saturated carbocycles. The Morgan fingerprint density at radius 1 is 1.13 bits per heavy atom. The zero-order chi connectivity index (χ0) is 21.9. The standard InChI is InChI=1S/C24H35NO4S/c1-23(2)21-14-17-8-11-19(30(5,27)28)15-20(17)24(23,3)12-13-25(21)22(26)16-6-9-18(29-4)10-7-16/h8,11,15-16,18,21H,6-7,9-10,12-14H2,1-5H3/t16?,18?,21-,24-/m0/s1. The molecule has 1 saturated heterocycles. The lowest BCUT2D eigenvalue weighted by molar-refractivity contribution is -0.150. The molecule has 0 radical (unpaired) electrons. The Kier molecular flexibility index (Phi) is 5.33. The van der Waals surface area contributed by atoms with Crippen molar-refractivity contribution in [3.63, 3.8) is 0 Å². The minimum absolute atomic E-state index is 0.102. The Morgan fingerprint density at radius 3 is 2.40 bits per heavy atom. The smallest absolute Gasteiger partial charge is 0.225 e. The Balaban J connectivity index is 1.66. The maximum Gasteiger partial charge on any atom is 0.225 e. The number of nitrogens with zero attached hydrogens (tertiary/aromatic N) is 1. The molecule has 1 aromatic carbocycles. The van der Waals surface area contributed by atoms with Gasteiger partial charge in [-0.1, -0.05) is 26.8 Å². The molecule has 1 heterocycles. The second-order valence-corrected chi connectivity index (χ2v) is 12.4. The molecule has 2 aliphatic carbocycles. The fraction of sp³-hybridized carbons (Fsp3) is 0.708. The number of carbonyl (C=O) groups excluding carboxylic acids is 1. The van der Waals surface area contributed by atoms with Crippen molar-refractivity contribution in [2.75, 3.05) is 19.9 Å². The summed E-state index contributed by atoms with van der Waals surface area (Å²) in [6.07, 6.45) is 6.96. The van der Waals surface area contributed by atoms with Crippen LogP contribution in [0.3, 0.4) is 0 Å². The van der Waals surface area contributed by atoms with Gasteiger partial charge in [0.25, 0.3) is 0 Å². The Labute approximate surface area is 181 Å². The van der Waals surface area contributed by atoms with Crippen LogP contribution in [0.1, 0.15) is 64.0 Å². The van der Waals surface area contributed by atoms with Crippen LogP contribution in [-0.4, -0.2) is 51.3 Å². The monoisotopic (exact) mass is 433 g/mol. The lowest BCUT2D eigenvalue weighted by Crippen LogP contribution is -2.65. The molecule has 2 bridgehead atoms. The van der Waals surface area contributed by atoms with Crippen LogP contribution >= 0.6 is 0 Å². The number of fused-ring (bicyclic) bond motifs is 4. The van der Waals surface area contributed by atoms with Gasteiger partial charge in [0.2, 0.25) is 5.91 Å². The summed E-state index contributed by atoms with van der Waals surface area (Å²) in [5, 5.41) is 0. The van der Waals surface area contributed by atoms with Gasteiger partial charge in [-0.25, -0.2) is 8.42 Å². The topological polar surface area (TPSA) is 63.7 Å². The van der Waals surface area contributed by atoms with Crippen molar-refractivity contribution in [1.82, 2.24) is 4.90 Å². The number of ether oxygens (including phenoxy) is 1. The van der Waals surface area contributed by atoms with Crippen LogP contribution in [0.5, 0.6) is 0 Å². The van der Waals surface area contributed by atoms with Crippen LogP contribution in [0.2, 0.25) is 0 Å². The van der Waals surface area contributed by atoms with Crippen LogP contribution in [0.15, 0.2) is 23.1 Å². The van der Waals surface area contributed by atoms with Gasteiger partial charge in [-0.15, -0.1) is 0 Å². The zero-order valence-corrected chi connectivity index (χ0v) is 19.7. The highest BCUT2D eigenvalue weighted by Crippen LogP contribution is 2.56. The normalized spacial score (nSPS) is 33.1. The first kappa shape index (κ1) is 21.8. The SMILES string of the molecule is COC1CCC(C(=O)N2CC[C@@]3(C)c4cc(S(C)(=O)=O)ccc4C[C@H]2C3(C)C)CC1. The van der Waals surface area contributed by atoms with E-state index in [2.05, 4.69) is 25.7 Å². The lowest BCUT2D eigenvalue weighted by Gasteiger charge is -2.61. The van der Waals surface area contributed by atoms with Crippen molar-refractivity contribution in [3.8, 4) is 0 Å². The van der Waals surface area contributed by atoms with E-state index in [9.17, 15) is 13.2 Å². The molecule has 5 nitrogen and oxygen atoms in total. The van der Waals surface area contributed by atoms with Crippen LogP contribution in [0.4, 0.5) is 0 Å². The molecule has 30 heavy (non-hydrogen) atoms. The van der Waals surface area contributed by atoms with Gasteiger partial charge < -0.3 is 9.64 Å². The number of methoxy groups -OCH3 is 1. The van der Waals surface area contributed by atoms with Crippen molar-refractivity contribution >= 4 is 15.7 Å². The lowest BCUT2D eigenvalue weighted by atomic mass is 9.51. The number of amides is 1. The van der Waals surface area contributed by atoms with Crippen LogP contribution in [-0.2, 0) is 31.2 Å². The summed E-state index contributed by atoms with van der Waals surface area (Å²) in [4.78, 5) is 16.1. The summed E-state index contributed by atoms with van der Waals surface area (Å²) >= 11 is 0. The molecule has 1 aliphatic heterocycles. The molecule has 0 spiro atoms. The third-order valence-electron chi connectivity index (χ3n) is 8.64. The number of rotatable bonds is 3. The van der Waals surface area contributed by atoms with Gasteiger partial charge in [0.1, 0.15) is 0 Å². The summed E-state index contributed by atoms with van der Waals surface area (Å²) < 4.78 is 29.8. The second-order valence-electron chi connectivity index (χ2n) is 10.4. The summed E-state index contributed by atoms with van der Waals surface area (Å²) in [7, 11) is -1.49. The summed E-state index contributed by atoms with van der Waals surface area (Å²) in [6.45, 7) is 7.52. The minimum Gasteiger partial charge on any atom is -0.381 e. The van der Waals surface area contributed by atoms with E-state index >= 15 is 0 Å². The first-order valence-electron chi connectivity index (χ1n) is 11.2. The maximum absolute atomic E-state index is 13.5. The predicted octanol–water partition coefficient (Wildman–Crippen LogP) is 3.74.